The molecular weight excluding hydrogens is 341 g/mol. The zero-order valence-corrected chi connectivity index (χ0v) is 14.1. The number of rotatable bonds is 5. The molecule has 0 radical (unpaired) electrons. The summed E-state index contributed by atoms with van der Waals surface area (Å²) >= 11 is 0. The highest BCUT2D eigenvalue weighted by Gasteiger charge is 2.32. The van der Waals surface area contributed by atoms with Crippen molar-refractivity contribution in [2.45, 2.75) is 0 Å². The van der Waals surface area contributed by atoms with Crippen molar-refractivity contribution in [1.29, 1.82) is 0 Å². The Hall–Kier alpha value is -2.71. The van der Waals surface area contributed by atoms with Crippen LogP contribution in [0.1, 0.15) is 5.56 Å². The average molecular weight is 356 g/mol. The van der Waals surface area contributed by atoms with Crippen molar-refractivity contribution < 1.29 is 17.9 Å². The third kappa shape index (κ3) is 3.70. The Labute approximate surface area is 144 Å². The average Bonchev–Trinajstić information content (AvgIpc) is 2.68. The number of hydrogen-bond acceptors (Lipinski definition) is 2. The summed E-state index contributed by atoms with van der Waals surface area (Å²) in [5.74, 6) is -0.670. The van der Waals surface area contributed by atoms with Gasteiger partial charge in [0.05, 0.1) is 10.6 Å². The summed E-state index contributed by atoms with van der Waals surface area (Å²) in [5.41, 5.74) is 0.176. The molecule has 126 valence electrons. The third-order valence-corrected chi connectivity index (χ3v) is 6.02. The molecule has 0 aromatic heterocycles. The van der Waals surface area contributed by atoms with Crippen LogP contribution in [0.4, 0.5) is 8.78 Å². The van der Waals surface area contributed by atoms with E-state index in [0.29, 0.717) is 10.6 Å². The molecule has 3 rings (SSSR count). The monoisotopic (exact) mass is 356 g/mol. The fourth-order valence-electron chi connectivity index (χ4n) is 2.42. The molecule has 0 aliphatic rings. The topological polar surface area (TPSA) is 26.3 Å². The van der Waals surface area contributed by atoms with E-state index in [1.54, 1.807) is 78.9 Å². The summed E-state index contributed by atoms with van der Waals surface area (Å²) in [6.45, 7) is 0. The van der Waals surface area contributed by atoms with Gasteiger partial charge in [0.25, 0.3) is 0 Å². The molecule has 0 amide bonds. The molecule has 3 aromatic carbocycles. The molecule has 2 nitrogen and oxygen atoms in total. The van der Waals surface area contributed by atoms with E-state index in [4.69, 9.17) is 4.52 Å². The predicted molar refractivity (Wildman–Crippen MR) is 96.4 cm³/mol. The first kappa shape index (κ1) is 17.1. The van der Waals surface area contributed by atoms with Crippen LogP contribution in [0.15, 0.2) is 97.1 Å². The molecule has 0 aliphatic heterocycles. The minimum Gasteiger partial charge on any atom is -0.430 e. The van der Waals surface area contributed by atoms with E-state index in [-0.39, 0.29) is 5.56 Å². The number of halogens is 2. The molecule has 25 heavy (non-hydrogen) atoms. The van der Waals surface area contributed by atoms with Gasteiger partial charge in [0.15, 0.2) is 5.76 Å². The minimum atomic E-state index is -3.74. The fraction of sp³-hybridized carbons (Fsp3) is 0. The third-order valence-electron chi connectivity index (χ3n) is 3.62. The lowest BCUT2D eigenvalue weighted by atomic mass is 10.2. The van der Waals surface area contributed by atoms with Crippen molar-refractivity contribution in [2.75, 3.05) is 0 Å². The van der Waals surface area contributed by atoms with Gasteiger partial charge in [0.1, 0.15) is 0 Å². The Morgan fingerprint density at radius 2 is 1.08 bits per heavy atom. The van der Waals surface area contributed by atoms with E-state index in [1.807, 2.05) is 0 Å². The molecule has 0 atom stereocenters. The van der Waals surface area contributed by atoms with Crippen LogP contribution in [0, 0.1) is 0 Å². The first-order valence-corrected chi connectivity index (χ1v) is 9.25. The largest absolute Gasteiger partial charge is 0.430 e. The second-order valence-corrected chi connectivity index (χ2v) is 7.59. The summed E-state index contributed by atoms with van der Waals surface area (Å²) in [4.78, 5) is 0. The highest BCUT2D eigenvalue weighted by atomic mass is 31.2. The van der Waals surface area contributed by atoms with Crippen molar-refractivity contribution in [3.05, 3.63) is 103 Å². The lowest BCUT2D eigenvalue weighted by Gasteiger charge is -2.21. The molecular formula is C20H15F2O2P. The summed E-state index contributed by atoms with van der Waals surface area (Å²) in [5, 5.41) is 0.715. The molecule has 0 N–H and O–H groups in total. The van der Waals surface area contributed by atoms with Crippen LogP contribution in [0.25, 0.3) is 5.76 Å². The quantitative estimate of drug-likeness (QED) is 0.464. The van der Waals surface area contributed by atoms with E-state index >= 15 is 0 Å². The minimum absolute atomic E-state index is 0.176. The van der Waals surface area contributed by atoms with Gasteiger partial charge < -0.3 is 4.52 Å². The van der Waals surface area contributed by atoms with Crippen LogP contribution in [0.3, 0.4) is 0 Å². The van der Waals surface area contributed by atoms with E-state index in [1.165, 1.54) is 12.1 Å². The van der Waals surface area contributed by atoms with E-state index in [2.05, 4.69) is 0 Å². The number of benzene rings is 3. The molecule has 3 aromatic rings. The summed E-state index contributed by atoms with van der Waals surface area (Å²) < 4.78 is 46.4. The van der Waals surface area contributed by atoms with Gasteiger partial charge in [0, 0.05) is 5.56 Å². The first-order chi connectivity index (χ1) is 12.1. The molecule has 0 bridgehead atoms. The fourth-order valence-corrected chi connectivity index (χ4v) is 4.49. The normalized spacial score (nSPS) is 11.0. The summed E-state index contributed by atoms with van der Waals surface area (Å²) in [6, 6.07) is 24.8. The van der Waals surface area contributed by atoms with Crippen LogP contribution >= 0.6 is 7.37 Å². The molecule has 0 saturated heterocycles. The van der Waals surface area contributed by atoms with Gasteiger partial charge >= 0.3 is 13.4 Å². The maximum atomic E-state index is 13.7. The Kier molecular flexibility index (Phi) is 5.11. The Bertz CT molecular complexity index is 863. The molecule has 0 fully saturated rings. The van der Waals surface area contributed by atoms with Crippen LogP contribution in [0.5, 0.6) is 0 Å². The van der Waals surface area contributed by atoms with Crippen LogP contribution in [-0.2, 0) is 9.09 Å². The van der Waals surface area contributed by atoms with Gasteiger partial charge in [-0.15, -0.1) is 0 Å². The predicted octanol–water partition coefficient (Wildman–Crippen LogP) is 5.20. The van der Waals surface area contributed by atoms with Gasteiger partial charge in [-0.25, -0.2) is 0 Å². The molecule has 0 spiro atoms. The highest BCUT2D eigenvalue weighted by Crippen LogP contribution is 2.49. The van der Waals surface area contributed by atoms with Crippen LogP contribution in [-0.4, -0.2) is 0 Å². The molecule has 0 unspecified atom stereocenters. The van der Waals surface area contributed by atoms with E-state index in [0.717, 1.165) is 0 Å². The van der Waals surface area contributed by atoms with Crippen molar-refractivity contribution in [2.24, 2.45) is 0 Å². The maximum absolute atomic E-state index is 13.7. The molecule has 0 heterocycles. The Morgan fingerprint density at radius 3 is 1.48 bits per heavy atom. The van der Waals surface area contributed by atoms with Crippen molar-refractivity contribution in [3.63, 3.8) is 0 Å². The lowest BCUT2D eigenvalue weighted by Crippen LogP contribution is -2.18. The standard InChI is InChI=1S/C20H15F2O2P/c21-20(22)19(16-10-4-1-5-11-16)24-25(23,17-12-6-2-7-13-17)18-14-8-3-9-15-18/h1-15H. The lowest BCUT2D eigenvalue weighted by molar-refractivity contribution is 0.386. The zero-order valence-electron chi connectivity index (χ0n) is 13.2. The first-order valence-electron chi connectivity index (χ1n) is 7.63. The van der Waals surface area contributed by atoms with Gasteiger partial charge in [-0.2, -0.15) is 8.78 Å². The summed E-state index contributed by atoms with van der Waals surface area (Å²) in [7, 11) is -3.74. The zero-order chi connectivity index (χ0) is 17.7. The van der Waals surface area contributed by atoms with Crippen molar-refractivity contribution in [1.82, 2.24) is 0 Å². The number of hydrogen-bond donors (Lipinski definition) is 0. The van der Waals surface area contributed by atoms with Crippen molar-refractivity contribution >= 4 is 23.7 Å². The molecule has 5 heteroatoms. The second-order valence-electron chi connectivity index (χ2n) is 5.27. The Morgan fingerprint density at radius 1 is 0.680 bits per heavy atom. The molecule has 0 saturated carbocycles. The van der Waals surface area contributed by atoms with E-state index in [9.17, 15) is 13.3 Å². The van der Waals surface area contributed by atoms with Gasteiger partial charge in [-0.1, -0.05) is 66.7 Å². The van der Waals surface area contributed by atoms with Crippen LogP contribution in [0.2, 0.25) is 0 Å². The second kappa shape index (κ2) is 7.45. The van der Waals surface area contributed by atoms with Gasteiger partial charge in [-0.05, 0) is 24.3 Å². The maximum Gasteiger partial charge on any atom is 0.312 e. The van der Waals surface area contributed by atoms with Gasteiger partial charge in [0.2, 0.25) is 0 Å². The SMILES string of the molecule is O=P(OC(=C(F)F)c1ccccc1)(c1ccccc1)c1ccccc1. The summed E-state index contributed by atoms with van der Waals surface area (Å²) in [6.07, 6.45) is -2.02. The Balaban J connectivity index is 2.13. The van der Waals surface area contributed by atoms with E-state index < -0.39 is 19.2 Å². The van der Waals surface area contributed by atoms with Gasteiger partial charge in [-0.3, -0.25) is 4.57 Å². The highest BCUT2D eigenvalue weighted by molar-refractivity contribution is 7.74. The molecule has 0 aliphatic carbocycles. The van der Waals surface area contributed by atoms with Crippen LogP contribution < -0.4 is 10.6 Å². The van der Waals surface area contributed by atoms with Crippen molar-refractivity contribution in [3.8, 4) is 0 Å². The smallest absolute Gasteiger partial charge is 0.312 e.